The molecule has 1 aliphatic heterocycles. The van der Waals surface area contributed by atoms with Gasteiger partial charge in [0.15, 0.2) is 5.78 Å². The maximum absolute atomic E-state index is 11.1. The third-order valence-corrected chi connectivity index (χ3v) is 1.95. The summed E-state index contributed by atoms with van der Waals surface area (Å²) in [7, 11) is 0. The number of nitrogens with two attached hydrogens (primary N) is 1. The van der Waals surface area contributed by atoms with E-state index in [1.807, 2.05) is 0 Å². The molecule has 0 saturated carbocycles. The Kier molecular flexibility index (Phi) is 3.85. The van der Waals surface area contributed by atoms with Crippen LogP contribution in [-0.2, 0) is 9.59 Å². The highest BCUT2D eigenvalue weighted by molar-refractivity contribution is 6.05. The molecule has 0 aromatic carbocycles. The summed E-state index contributed by atoms with van der Waals surface area (Å²) in [4.78, 5) is 23.5. The highest BCUT2D eigenvalue weighted by Crippen LogP contribution is 2.04. The molecule has 0 bridgehead atoms. The molecular weight excluding hydrogens is 170 g/mol. The summed E-state index contributed by atoms with van der Waals surface area (Å²) >= 11 is 0. The van der Waals surface area contributed by atoms with Crippen LogP contribution in [0.2, 0.25) is 0 Å². The molecule has 0 spiro atoms. The second-order valence-corrected chi connectivity index (χ2v) is 3.07. The molecule has 0 radical (unpaired) electrons. The second kappa shape index (κ2) is 4.94. The minimum absolute atomic E-state index is 0.0174. The predicted molar refractivity (Wildman–Crippen MR) is 48.1 cm³/mol. The lowest BCUT2D eigenvalue weighted by Gasteiger charge is -2.14. The van der Waals surface area contributed by atoms with Crippen LogP contribution >= 0.6 is 0 Å². The van der Waals surface area contributed by atoms with Gasteiger partial charge in [0.2, 0.25) is 5.91 Å². The highest BCUT2D eigenvalue weighted by Gasteiger charge is 2.26. The van der Waals surface area contributed by atoms with Gasteiger partial charge in [-0.2, -0.15) is 0 Å². The van der Waals surface area contributed by atoms with E-state index in [4.69, 9.17) is 5.73 Å². The lowest BCUT2D eigenvalue weighted by Crippen LogP contribution is -2.35. The molecule has 1 rings (SSSR count). The molecule has 0 aromatic heterocycles. The van der Waals surface area contributed by atoms with Crippen LogP contribution in [0.1, 0.15) is 6.42 Å². The van der Waals surface area contributed by atoms with Crippen LogP contribution in [-0.4, -0.2) is 49.3 Å². The molecule has 1 amide bonds. The van der Waals surface area contributed by atoms with E-state index in [1.165, 1.54) is 0 Å². The van der Waals surface area contributed by atoms with Crippen molar-refractivity contribution in [3.8, 4) is 0 Å². The summed E-state index contributed by atoms with van der Waals surface area (Å²) in [6.45, 7) is 2.92. The minimum Gasteiger partial charge on any atom is -0.334 e. The monoisotopic (exact) mass is 185 g/mol. The van der Waals surface area contributed by atoms with Crippen LogP contribution in [0.5, 0.6) is 0 Å². The smallest absolute Gasteiger partial charge is 0.230 e. The number of nitrogens with zero attached hydrogens (tertiary/aromatic N) is 1. The van der Waals surface area contributed by atoms with Gasteiger partial charge in [-0.1, -0.05) is 0 Å². The fraction of sp³-hybridized carbons (Fsp3) is 0.750. The number of carbonyl (C=O) groups excluding carboxylic acids is 2. The first-order chi connectivity index (χ1) is 6.24. The molecule has 0 aromatic rings. The number of amides is 1. The van der Waals surface area contributed by atoms with Crippen LogP contribution < -0.4 is 11.1 Å². The summed E-state index contributed by atoms with van der Waals surface area (Å²) < 4.78 is 0. The number of likely N-dealkylation sites (tertiary alicyclic amines) is 1. The van der Waals surface area contributed by atoms with Gasteiger partial charge < -0.3 is 16.0 Å². The predicted octanol–water partition coefficient (Wildman–Crippen LogP) is -1.66. The average molecular weight is 185 g/mol. The molecule has 13 heavy (non-hydrogen) atoms. The van der Waals surface area contributed by atoms with E-state index in [9.17, 15) is 9.59 Å². The van der Waals surface area contributed by atoms with Crippen LogP contribution in [0.25, 0.3) is 0 Å². The number of hydrogen-bond donors (Lipinski definition) is 2. The summed E-state index contributed by atoms with van der Waals surface area (Å²) in [6.07, 6.45) is 0.0802. The van der Waals surface area contributed by atoms with Gasteiger partial charge in [-0.15, -0.1) is 0 Å². The van der Waals surface area contributed by atoms with Gasteiger partial charge in [-0.25, -0.2) is 0 Å². The first-order valence-electron chi connectivity index (χ1n) is 4.44. The summed E-state index contributed by atoms with van der Waals surface area (Å²) in [5.74, 6) is -0.0385. The number of carbonyl (C=O) groups is 2. The van der Waals surface area contributed by atoms with Crippen LogP contribution in [0.15, 0.2) is 0 Å². The third-order valence-electron chi connectivity index (χ3n) is 1.95. The van der Waals surface area contributed by atoms with Gasteiger partial charge in [-0.05, 0) is 0 Å². The maximum atomic E-state index is 11.1. The van der Waals surface area contributed by atoms with Crippen molar-refractivity contribution >= 4 is 11.7 Å². The number of ketones is 1. The Bertz CT molecular complexity index is 206. The van der Waals surface area contributed by atoms with Crippen LogP contribution in [0.4, 0.5) is 0 Å². The van der Waals surface area contributed by atoms with E-state index in [1.54, 1.807) is 4.90 Å². The molecule has 1 heterocycles. The molecule has 5 heteroatoms. The molecule has 5 nitrogen and oxygen atoms in total. The lowest BCUT2D eigenvalue weighted by atomic mass is 10.3. The first kappa shape index (κ1) is 10.1. The van der Waals surface area contributed by atoms with Gasteiger partial charge in [-0.3, -0.25) is 9.59 Å². The number of rotatable bonds is 5. The molecule has 0 aliphatic carbocycles. The van der Waals surface area contributed by atoms with Crippen LogP contribution in [0.3, 0.4) is 0 Å². The van der Waals surface area contributed by atoms with E-state index in [2.05, 4.69) is 5.32 Å². The van der Waals surface area contributed by atoms with Gasteiger partial charge in [0.05, 0.1) is 13.0 Å². The summed E-state index contributed by atoms with van der Waals surface area (Å²) in [5, 5.41) is 3.07. The Hall–Kier alpha value is -0.940. The largest absolute Gasteiger partial charge is 0.334 e. The van der Waals surface area contributed by atoms with E-state index in [0.717, 1.165) is 6.54 Å². The zero-order valence-electron chi connectivity index (χ0n) is 7.58. The molecule has 1 saturated heterocycles. The average Bonchev–Trinajstić information content (AvgIpc) is 2.39. The Labute approximate surface area is 77.3 Å². The number of nitrogens with one attached hydrogen (secondary N) is 1. The molecule has 0 atom stereocenters. The van der Waals surface area contributed by atoms with Crippen molar-refractivity contribution < 1.29 is 9.59 Å². The fourth-order valence-corrected chi connectivity index (χ4v) is 1.28. The van der Waals surface area contributed by atoms with Crippen molar-refractivity contribution in [1.29, 1.82) is 0 Å². The highest BCUT2D eigenvalue weighted by atomic mass is 16.2. The quantitative estimate of drug-likeness (QED) is 0.397. The Balaban J connectivity index is 2.14. The first-order valence-corrected chi connectivity index (χ1v) is 4.44. The SMILES string of the molecule is NCCNCCN1CC(=O)CC1=O. The van der Waals surface area contributed by atoms with Gasteiger partial charge in [0.25, 0.3) is 0 Å². The third kappa shape index (κ3) is 3.12. The Morgan fingerprint density at radius 3 is 2.69 bits per heavy atom. The molecule has 1 fully saturated rings. The lowest BCUT2D eigenvalue weighted by molar-refractivity contribution is -0.127. The standard InChI is InChI=1S/C8H15N3O2/c9-1-2-10-3-4-11-6-7(12)5-8(11)13/h10H,1-6,9H2. The van der Waals surface area contributed by atoms with Gasteiger partial charge in [0.1, 0.15) is 0 Å². The van der Waals surface area contributed by atoms with Crippen LogP contribution in [0, 0.1) is 0 Å². The number of Topliss-reactive ketones (excluding diaryl/α,β-unsaturated/α-hetero) is 1. The van der Waals surface area contributed by atoms with Crippen molar-refractivity contribution in [1.82, 2.24) is 10.2 Å². The molecular formula is C8H15N3O2. The van der Waals surface area contributed by atoms with E-state index < -0.39 is 0 Å². The zero-order valence-corrected chi connectivity index (χ0v) is 7.58. The summed E-state index contributed by atoms with van der Waals surface area (Å²) in [6, 6.07) is 0. The van der Waals surface area contributed by atoms with Gasteiger partial charge in [0, 0.05) is 26.2 Å². The number of hydrogen-bond acceptors (Lipinski definition) is 4. The van der Waals surface area contributed by atoms with Crippen molar-refractivity contribution in [2.24, 2.45) is 5.73 Å². The van der Waals surface area contributed by atoms with Crippen molar-refractivity contribution in [3.05, 3.63) is 0 Å². The molecule has 1 aliphatic rings. The second-order valence-electron chi connectivity index (χ2n) is 3.07. The molecule has 0 unspecified atom stereocenters. The van der Waals surface area contributed by atoms with E-state index >= 15 is 0 Å². The Morgan fingerprint density at radius 2 is 2.15 bits per heavy atom. The molecule has 3 N–H and O–H groups in total. The van der Waals surface area contributed by atoms with E-state index in [-0.39, 0.29) is 24.7 Å². The molecule has 74 valence electrons. The topological polar surface area (TPSA) is 75.4 Å². The van der Waals surface area contributed by atoms with Gasteiger partial charge >= 0.3 is 0 Å². The van der Waals surface area contributed by atoms with Crippen molar-refractivity contribution in [3.63, 3.8) is 0 Å². The van der Waals surface area contributed by atoms with E-state index in [0.29, 0.717) is 19.6 Å². The minimum atomic E-state index is -0.0560. The van der Waals surface area contributed by atoms with Crippen molar-refractivity contribution in [2.75, 3.05) is 32.7 Å². The normalized spacial score (nSPS) is 17.2. The maximum Gasteiger partial charge on any atom is 0.230 e. The fourth-order valence-electron chi connectivity index (χ4n) is 1.28. The zero-order chi connectivity index (χ0) is 9.68. The summed E-state index contributed by atoms with van der Waals surface area (Å²) in [5.41, 5.74) is 5.27. The Morgan fingerprint density at radius 1 is 1.38 bits per heavy atom. The van der Waals surface area contributed by atoms with Crippen molar-refractivity contribution in [2.45, 2.75) is 6.42 Å².